The number of methoxy groups -OCH3 is 1. The first kappa shape index (κ1) is 24.2. The lowest BCUT2D eigenvalue weighted by Crippen LogP contribution is -2.70. The first-order valence-corrected chi connectivity index (χ1v) is 11.9. The van der Waals surface area contributed by atoms with E-state index in [-0.39, 0.29) is 6.61 Å². The summed E-state index contributed by atoms with van der Waals surface area (Å²) in [6.45, 7) is 3.21. The molecule has 2 aromatic carbocycles. The minimum Gasteiger partial charge on any atom is -0.467 e. The van der Waals surface area contributed by atoms with Crippen molar-refractivity contribution >= 4 is 46.6 Å². The molecular weight excluding hydrogens is 486 g/mol. The van der Waals surface area contributed by atoms with Crippen LogP contribution in [0.25, 0.3) is 5.57 Å². The van der Waals surface area contributed by atoms with Crippen LogP contribution in [0.4, 0.5) is 5.69 Å². The zero-order chi connectivity index (χ0) is 25.8. The Morgan fingerprint density at radius 1 is 1.00 bits per heavy atom. The van der Waals surface area contributed by atoms with Gasteiger partial charge >= 0.3 is 11.9 Å². The number of benzene rings is 2. The molecule has 0 radical (unpaired) electrons. The SMILES string of the molecule is CCOC(=O)[C@@]1(C)O[C@@]2(C(=O)OC)C=C(c3ccc(Cl)cc3)[C@@H]1[C@@H]1C(=O)N(c3ccccc3)C(=O)[C@@H]12. The maximum atomic E-state index is 14.0. The zero-order valence-corrected chi connectivity index (χ0v) is 20.7. The number of ether oxygens (including phenoxy) is 3. The van der Waals surface area contributed by atoms with Crippen LogP contribution in [0, 0.1) is 17.8 Å². The van der Waals surface area contributed by atoms with E-state index in [1.165, 1.54) is 20.1 Å². The predicted molar refractivity (Wildman–Crippen MR) is 130 cm³/mol. The van der Waals surface area contributed by atoms with Gasteiger partial charge in [-0.05, 0) is 55.3 Å². The molecule has 8 nitrogen and oxygen atoms in total. The normalized spacial score (nSPS) is 30.6. The molecule has 4 aliphatic rings. The molecular formula is C27H24ClNO7. The highest BCUT2D eigenvalue weighted by Gasteiger charge is 2.76. The summed E-state index contributed by atoms with van der Waals surface area (Å²) in [4.78, 5) is 55.7. The Hall–Kier alpha value is -3.49. The number of hydrogen-bond donors (Lipinski definition) is 0. The fourth-order valence-corrected chi connectivity index (χ4v) is 5.92. The van der Waals surface area contributed by atoms with E-state index >= 15 is 0 Å². The number of carbonyl (C=O) groups is 4. The summed E-state index contributed by atoms with van der Waals surface area (Å²) in [6.07, 6.45) is 1.52. The monoisotopic (exact) mass is 509 g/mol. The molecule has 6 rings (SSSR count). The number of amides is 2. The Bertz CT molecular complexity index is 1290. The molecule has 2 bridgehead atoms. The van der Waals surface area contributed by atoms with Gasteiger partial charge in [0.15, 0.2) is 11.2 Å². The molecule has 9 heteroatoms. The molecule has 5 atom stereocenters. The van der Waals surface area contributed by atoms with Gasteiger partial charge in [-0.3, -0.25) is 9.59 Å². The highest BCUT2D eigenvalue weighted by molar-refractivity contribution is 6.30. The van der Waals surface area contributed by atoms with E-state index in [1.807, 2.05) is 0 Å². The average molecular weight is 510 g/mol. The number of nitrogens with zero attached hydrogens (tertiary/aromatic N) is 1. The van der Waals surface area contributed by atoms with E-state index in [0.717, 1.165) is 4.90 Å². The Kier molecular flexibility index (Phi) is 5.76. The number of esters is 2. The van der Waals surface area contributed by atoms with Gasteiger partial charge in [0.05, 0.1) is 31.2 Å². The van der Waals surface area contributed by atoms with Crippen LogP contribution in [0.1, 0.15) is 19.4 Å². The quantitative estimate of drug-likeness (QED) is 0.450. The van der Waals surface area contributed by atoms with Crippen LogP contribution < -0.4 is 4.90 Å². The van der Waals surface area contributed by atoms with Crippen LogP contribution in [-0.4, -0.2) is 48.7 Å². The van der Waals surface area contributed by atoms with E-state index in [1.54, 1.807) is 61.5 Å². The van der Waals surface area contributed by atoms with Crippen LogP contribution in [0.15, 0.2) is 60.7 Å². The van der Waals surface area contributed by atoms with Gasteiger partial charge in [-0.1, -0.05) is 41.9 Å². The van der Waals surface area contributed by atoms with Gasteiger partial charge in [0.2, 0.25) is 11.8 Å². The Morgan fingerprint density at radius 2 is 1.67 bits per heavy atom. The van der Waals surface area contributed by atoms with Crippen LogP contribution in [0.5, 0.6) is 0 Å². The van der Waals surface area contributed by atoms with Crippen LogP contribution in [0.2, 0.25) is 5.02 Å². The van der Waals surface area contributed by atoms with Crippen LogP contribution in [-0.2, 0) is 33.4 Å². The largest absolute Gasteiger partial charge is 0.467 e. The van der Waals surface area contributed by atoms with E-state index < -0.39 is 52.7 Å². The number of fused-ring (bicyclic) bond motifs is 1. The molecule has 0 saturated carbocycles. The van der Waals surface area contributed by atoms with Crippen molar-refractivity contribution in [2.24, 2.45) is 17.8 Å². The van der Waals surface area contributed by atoms with E-state index in [9.17, 15) is 19.2 Å². The number of imide groups is 1. The Labute approximate surface area is 212 Å². The summed E-state index contributed by atoms with van der Waals surface area (Å²) in [6, 6.07) is 15.3. The molecule has 2 amide bonds. The highest BCUT2D eigenvalue weighted by atomic mass is 35.5. The maximum Gasteiger partial charge on any atom is 0.343 e. The van der Waals surface area contributed by atoms with Crippen molar-refractivity contribution in [3.8, 4) is 0 Å². The van der Waals surface area contributed by atoms with Crippen molar-refractivity contribution in [1.82, 2.24) is 0 Å². The maximum absolute atomic E-state index is 14.0. The fourth-order valence-electron chi connectivity index (χ4n) is 5.80. The second kappa shape index (κ2) is 8.57. The van der Waals surface area contributed by atoms with E-state index in [0.29, 0.717) is 21.8 Å². The molecule has 2 aromatic rings. The van der Waals surface area contributed by atoms with Gasteiger partial charge in [0, 0.05) is 10.9 Å². The summed E-state index contributed by atoms with van der Waals surface area (Å²) in [5, 5.41) is 0.493. The first-order valence-electron chi connectivity index (χ1n) is 11.6. The molecule has 2 fully saturated rings. The second-order valence-electron chi connectivity index (χ2n) is 9.15. The van der Waals surface area contributed by atoms with Gasteiger partial charge in [0.25, 0.3) is 0 Å². The van der Waals surface area contributed by atoms with Gasteiger partial charge < -0.3 is 14.2 Å². The highest BCUT2D eigenvalue weighted by Crippen LogP contribution is 2.61. The molecule has 36 heavy (non-hydrogen) atoms. The smallest absolute Gasteiger partial charge is 0.343 e. The molecule has 0 unspecified atom stereocenters. The predicted octanol–water partition coefficient (Wildman–Crippen LogP) is 3.42. The first-order chi connectivity index (χ1) is 17.2. The summed E-state index contributed by atoms with van der Waals surface area (Å²) < 4.78 is 16.7. The molecule has 0 spiro atoms. The molecule has 186 valence electrons. The molecule has 3 heterocycles. The molecule has 3 aliphatic heterocycles. The van der Waals surface area contributed by atoms with Crippen molar-refractivity contribution in [3.05, 3.63) is 71.3 Å². The number of anilines is 1. The third-order valence-corrected chi connectivity index (χ3v) is 7.48. The molecule has 2 saturated heterocycles. The van der Waals surface area contributed by atoms with Crippen molar-refractivity contribution in [3.63, 3.8) is 0 Å². The number of rotatable bonds is 5. The van der Waals surface area contributed by atoms with Gasteiger partial charge in [0.1, 0.15) is 0 Å². The topological polar surface area (TPSA) is 99.2 Å². The van der Waals surface area contributed by atoms with Gasteiger partial charge in [-0.15, -0.1) is 0 Å². The Morgan fingerprint density at radius 3 is 2.28 bits per heavy atom. The van der Waals surface area contributed by atoms with E-state index in [4.69, 9.17) is 25.8 Å². The number of hydrogen-bond acceptors (Lipinski definition) is 7. The molecule has 1 aliphatic carbocycles. The fraction of sp³-hybridized carbons (Fsp3) is 0.333. The second-order valence-corrected chi connectivity index (χ2v) is 9.59. The summed E-state index contributed by atoms with van der Waals surface area (Å²) in [7, 11) is 1.17. The lowest BCUT2D eigenvalue weighted by Gasteiger charge is -2.55. The lowest BCUT2D eigenvalue weighted by atomic mass is 9.56. The summed E-state index contributed by atoms with van der Waals surface area (Å²) >= 11 is 6.10. The lowest BCUT2D eigenvalue weighted by molar-refractivity contribution is -0.240. The van der Waals surface area contributed by atoms with Crippen LogP contribution >= 0.6 is 11.6 Å². The third-order valence-electron chi connectivity index (χ3n) is 7.23. The van der Waals surface area contributed by atoms with Gasteiger partial charge in [-0.2, -0.15) is 0 Å². The van der Waals surface area contributed by atoms with Gasteiger partial charge in [-0.25, -0.2) is 14.5 Å². The molecule has 0 aromatic heterocycles. The third kappa shape index (κ3) is 3.24. The zero-order valence-electron chi connectivity index (χ0n) is 19.9. The number of halogens is 1. The van der Waals surface area contributed by atoms with Crippen LogP contribution in [0.3, 0.4) is 0 Å². The van der Waals surface area contributed by atoms with Crippen molar-refractivity contribution in [2.75, 3.05) is 18.6 Å². The number of carbonyl (C=O) groups excluding carboxylic acids is 4. The van der Waals surface area contributed by atoms with Crippen molar-refractivity contribution in [2.45, 2.75) is 25.0 Å². The Balaban J connectivity index is 1.77. The standard InChI is InChI=1S/C27H24ClNO7/c1-4-35-24(32)26(2)20-18(15-10-12-16(28)13-11-15)14-27(36-26,25(33)34-3)21-19(20)22(30)29(23(21)31)17-8-6-5-7-9-17/h5-14,19-21H,4H2,1-3H3/t19-,20+,21+,26-,27-/m0/s1. The van der Waals surface area contributed by atoms with Crippen molar-refractivity contribution in [1.29, 1.82) is 0 Å². The molecule has 0 N–H and O–H groups in total. The van der Waals surface area contributed by atoms with E-state index in [2.05, 4.69) is 0 Å². The minimum absolute atomic E-state index is 0.0623. The minimum atomic E-state index is -2.03. The number of para-hydroxylation sites is 1. The summed E-state index contributed by atoms with van der Waals surface area (Å²) in [5.41, 5.74) is -2.27. The average Bonchev–Trinajstić information content (AvgIpc) is 3.15. The van der Waals surface area contributed by atoms with Crippen molar-refractivity contribution < 1.29 is 33.4 Å². The summed E-state index contributed by atoms with van der Waals surface area (Å²) in [5.74, 6) is -5.94.